The molecule has 1 aliphatic rings. The van der Waals surface area contributed by atoms with Crippen molar-refractivity contribution in [2.45, 2.75) is 0 Å². The van der Waals surface area contributed by atoms with Gasteiger partial charge in [-0.2, -0.15) is 0 Å². The molecule has 0 saturated heterocycles. The van der Waals surface area contributed by atoms with E-state index in [2.05, 4.69) is 11.0 Å². The Bertz CT molecular complexity index is 387. The normalized spacial score (nSPS) is 13.5. The number of anilines is 1. The summed E-state index contributed by atoms with van der Waals surface area (Å²) in [6, 6.07) is 7.61. The molecule has 0 spiro atoms. The van der Waals surface area contributed by atoms with Gasteiger partial charge in [0, 0.05) is 17.3 Å². The van der Waals surface area contributed by atoms with E-state index in [-0.39, 0.29) is 5.91 Å². The van der Waals surface area contributed by atoms with Crippen LogP contribution in [0.5, 0.6) is 0 Å². The number of rotatable bonds is 0. The Morgan fingerprint density at radius 1 is 1.17 bits per heavy atom. The first-order valence-corrected chi connectivity index (χ1v) is 3.69. The molecule has 0 unspecified atom stereocenters. The van der Waals surface area contributed by atoms with Gasteiger partial charge in [-0.1, -0.05) is 18.2 Å². The molecule has 0 bridgehead atoms. The number of para-hydroxylation sites is 1. The Morgan fingerprint density at radius 3 is 2.92 bits per heavy atom. The number of hydrogen-bond acceptors (Lipinski definition) is 1. The summed E-state index contributed by atoms with van der Waals surface area (Å²) in [5, 5.41) is 2.73. The summed E-state index contributed by atoms with van der Waals surface area (Å²) in [7, 11) is 0. The smallest absolute Gasteiger partial charge is 0.256 e. The van der Waals surface area contributed by atoms with Crippen LogP contribution in [0.15, 0.2) is 36.1 Å². The van der Waals surface area contributed by atoms with E-state index in [1.54, 1.807) is 6.08 Å². The summed E-state index contributed by atoms with van der Waals surface area (Å²) < 4.78 is 0. The van der Waals surface area contributed by atoms with E-state index >= 15 is 0 Å². The van der Waals surface area contributed by atoms with Gasteiger partial charge < -0.3 is 5.32 Å². The van der Waals surface area contributed by atoms with Gasteiger partial charge in [0.1, 0.15) is 0 Å². The van der Waals surface area contributed by atoms with E-state index in [9.17, 15) is 4.79 Å². The van der Waals surface area contributed by atoms with Crippen molar-refractivity contribution >= 4 is 17.7 Å². The monoisotopic (exact) mass is 157 g/mol. The van der Waals surface area contributed by atoms with Gasteiger partial charge in [0.2, 0.25) is 0 Å². The van der Waals surface area contributed by atoms with E-state index in [0.717, 1.165) is 11.3 Å². The van der Waals surface area contributed by atoms with Crippen LogP contribution in [0, 0.1) is 0 Å². The van der Waals surface area contributed by atoms with Crippen molar-refractivity contribution in [2.75, 3.05) is 5.32 Å². The predicted molar refractivity (Wildman–Crippen MR) is 47.6 cm³/mol. The second kappa shape index (κ2) is 2.68. The van der Waals surface area contributed by atoms with Crippen LogP contribution in [0.2, 0.25) is 0 Å². The van der Waals surface area contributed by atoms with Crippen LogP contribution in [-0.2, 0) is 4.79 Å². The Labute approximate surface area is 70.2 Å². The molecule has 1 aromatic rings. The summed E-state index contributed by atoms with van der Waals surface area (Å²) in [4.78, 5) is 11.0. The lowest BCUT2D eigenvalue weighted by Crippen LogP contribution is -2.07. The topological polar surface area (TPSA) is 29.1 Å². The van der Waals surface area contributed by atoms with Crippen LogP contribution in [0.25, 0.3) is 6.08 Å². The van der Waals surface area contributed by atoms with Gasteiger partial charge in [0.15, 0.2) is 0 Å². The molecule has 1 aromatic carbocycles. The quantitative estimate of drug-likeness (QED) is 0.572. The summed E-state index contributed by atoms with van der Waals surface area (Å²) >= 11 is 0. The SMILES string of the molecule is O=C1C=C=Cc2ccccc2N1. The Kier molecular flexibility index (Phi) is 1.54. The first-order chi connectivity index (χ1) is 5.86. The fraction of sp³-hybridized carbons (Fsp3) is 0. The zero-order valence-corrected chi connectivity index (χ0v) is 6.37. The summed E-state index contributed by atoms with van der Waals surface area (Å²) in [6.07, 6.45) is 3.17. The maximum Gasteiger partial charge on any atom is 0.256 e. The minimum atomic E-state index is -0.129. The van der Waals surface area contributed by atoms with E-state index < -0.39 is 0 Å². The van der Waals surface area contributed by atoms with E-state index in [0.29, 0.717) is 0 Å². The first kappa shape index (κ1) is 6.89. The molecule has 2 heteroatoms. The lowest BCUT2D eigenvalue weighted by molar-refractivity contribution is -0.111. The zero-order valence-electron chi connectivity index (χ0n) is 6.37. The number of carbonyl (C=O) groups is 1. The fourth-order valence-electron chi connectivity index (χ4n) is 1.11. The Morgan fingerprint density at radius 2 is 2.00 bits per heavy atom. The molecule has 0 fully saturated rings. The molecule has 0 saturated carbocycles. The second-order valence-electron chi connectivity index (χ2n) is 2.53. The molecule has 1 heterocycles. The van der Waals surface area contributed by atoms with Crippen molar-refractivity contribution in [2.24, 2.45) is 0 Å². The van der Waals surface area contributed by atoms with Crippen molar-refractivity contribution in [1.29, 1.82) is 0 Å². The van der Waals surface area contributed by atoms with Crippen LogP contribution in [0.4, 0.5) is 5.69 Å². The molecule has 1 N–H and O–H groups in total. The molecule has 2 rings (SSSR count). The van der Waals surface area contributed by atoms with Crippen LogP contribution >= 0.6 is 0 Å². The predicted octanol–water partition coefficient (Wildman–Crippen LogP) is 1.81. The minimum Gasteiger partial charge on any atom is -0.321 e. The molecule has 0 atom stereocenters. The molecular formula is C10H7NO. The van der Waals surface area contributed by atoms with Gasteiger partial charge >= 0.3 is 0 Å². The zero-order chi connectivity index (χ0) is 8.39. The number of fused-ring (bicyclic) bond motifs is 1. The van der Waals surface area contributed by atoms with Gasteiger partial charge in [-0.15, -0.1) is 5.73 Å². The number of nitrogens with one attached hydrogen (secondary N) is 1. The standard InChI is InChI=1S/C10H7NO/c12-10-7-3-5-8-4-1-2-6-9(8)11-10/h1-2,4-7H,(H,11,12). The van der Waals surface area contributed by atoms with E-state index in [4.69, 9.17) is 0 Å². The molecule has 2 nitrogen and oxygen atoms in total. The van der Waals surface area contributed by atoms with Crippen molar-refractivity contribution < 1.29 is 4.79 Å². The largest absolute Gasteiger partial charge is 0.321 e. The average molecular weight is 157 g/mol. The maximum atomic E-state index is 11.0. The summed E-state index contributed by atoms with van der Waals surface area (Å²) in [5.74, 6) is -0.129. The summed E-state index contributed by atoms with van der Waals surface area (Å²) in [6.45, 7) is 0. The molecule has 12 heavy (non-hydrogen) atoms. The van der Waals surface area contributed by atoms with Gasteiger partial charge in [-0.3, -0.25) is 4.79 Å². The average Bonchev–Trinajstić information content (AvgIpc) is 2.25. The van der Waals surface area contributed by atoms with Crippen molar-refractivity contribution in [3.8, 4) is 0 Å². The third-order valence-electron chi connectivity index (χ3n) is 1.67. The third kappa shape index (κ3) is 1.16. The fourth-order valence-corrected chi connectivity index (χ4v) is 1.11. The van der Waals surface area contributed by atoms with Crippen molar-refractivity contribution in [3.05, 3.63) is 41.6 Å². The molecule has 1 amide bonds. The highest BCUT2D eigenvalue weighted by molar-refractivity contribution is 6.02. The number of benzene rings is 1. The molecule has 0 aromatic heterocycles. The van der Waals surface area contributed by atoms with E-state index in [1.807, 2.05) is 24.3 Å². The molecule has 0 radical (unpaired) electrons. The molecule has 1 aliphatic heterocycles. The molecule has 58 valence electrons. The van der Waals surface area contributed by atoms with Gasteiger partial charge in [-0.05, 0) is 12.1 Å². The Hall–Kier alpha value is -1.79. The van der Waals surface area contributed by atoms with Gasteiger partial charge in [-0.25, -0.2) is 0 Å². The lowest BCUT2D eigenvalue weighted by atomic mass is 10.2. The maximum absolute atomic E-state index is 11.0. The Balaban J connectivity index is 2.58. The molecule has 0 aliphatic carbocycles. The van der Waals surface area contributed by atoms with Crippen LogP contribution in [-0.4, -0.2) is 5.91 Å². The highest BCUT2D eigenvalue weighted by Gasteiger charge is 2.03. The number of amides is 1. The van der Waals surface area contributed by atoms with Crippen LogP contribution < -0.4 is 5.32 Å². The van der Waals surface area contributed by atoms with E-state index in [1.165, 1.54) is 6.08 Å². The van der Waals surface area contributed by atoms with Crippen LogP contribution in [0.3, 0.4) is 0 Å². The highest BCUT2D eigenvalue weighted by Crippen LogP contribution is 2.17. The number of carbonyl (C=O) groups excluding carboxylic acids is 1. The number of hydrogen-bond donors (Lipinski definition) is 1. The van der Waals surface area contributed by atoms with Crippen molar-refractivity contribution in [1.82, 2.24) is 0 Å². The summed E-state index contributed by atoms with van der Waals surface area (Å²) in [5.41, 5.74) is 4.61. The minimum absolute atomic E-state index is 0.129. The van der Waals surface area contributed by atoms with Gasteiger partial charge in [0.25, 0.3) is 5.91 Å². The van der Waals surface area contributed by atoms with Crippen LogP contribution in [0.1, 0.15) is 5.56 Å². The first-order valence-electron chi connectivity index (χ1n) is 3.69. The lowest BCUT2D eigenvalue weighted by Gasteiger charge is -2.02. The third-order valence-corrected chi connectivity index (χ3v) is 1.67. The van der Waals surface area contributed by atoms with Crippen molar-refractivity contribution in [3.63, 3.8) is 0 Å². The molecular weight excluding hydrogens is 150 g/mol. The highest BCUT2D eigenvalue weighted by atomic mass is 16.1. The van der Waals surface area contributed by atoms with Gasteiger partial charge in [0.05, 0.1) is 0 Å². The second-order valence-corrected chi connectivity index (χ2v) is 2.53.